The Morgan fingerprint density at radius 2 is 1.88 bits per heavy atom. The Bertz CT molecular complexity index is 358. The molecule has 1 aliphatic heterocycles. The number of hydrogen-bond acceptors (Lipinski definition) is 2. The van der Waals surface area contributed by atoms with Crippen LogP contribution in [0.4, 0.5) is 0 Å². The van der Waals surface area contributed by atoms with Crippen molar-refractivity contribution < 1.29 is 4.74 Å². The van der Waals surface area contributed by atoms with Crippen LogP contribution < -0.4 is 5.32 Å². The van der Waals surface area contributed by atoms with E-state index in [2.05, 4.69) is 57.3 Å². The van der Waals surface area contributed by atoms with Crippen molar-refractivity contribution in [3.8, 4) is 0 Å². The summed E-state index contributed by atoms with van der Waals surface area (Å²) in [7, 11) is 0. The number of nitrogens with one attached hydrogen (secondary N) is 1. The van der Waals surface area contributed by atoms with E-state index in [9.17, 15) is 0 Å². The average molecular weight is 233 g/mol. The number of ether oxygens (including phenoxy) is 1. The van der Waals surface area contributed by atoms with E-state index in [-0.39, 0.29) is 11.6 Å². The molecule has 2 atom stereocenters. The molecule has 94 valence electrons. The molecule has 1 fully saturated rings. The minimum absolute atomic E-state index is 0.0697. The topological polar surface area (TPSA) is 21.3 Å². The Kier molecular flexibility index (Phi) is 3.55. The number of rotatable bonds is 2. The summed E-state index contributed by atoms with van der Waals surface area (Å²) in [4.78, 5) is 0. The zero-order chi connectivity index (χ0) is 12.5. The lowest BCUT2D eigenvalue weighted by atomic mass is 9.88. The maximum absolute atomic E-state index is 6.09. The van der Waals surface area contributed by atoms with Crippen molar-refractivity contribution in [3.63, 3.8) is 0 Å². The average Bonchev–Trinajstić information content (AvgIpc) is 2.29. The van der Waals surface area contributed by atoms with Gasteiger partial charge in [0, 0.05) is 11.6 Å². The third-order valence-electron chi connectivity index (χ3n) is 3.35. The molecule has 0 aliphatic carbocycles. The smallest absolute Gasteiger partial charge is 0.0981 e. The van der Waals surface area contributed by atoms with E-state index >= 15 is 0 Å². The van der Waals surface area contributed by atoms with Crippen LogP contribution in [0.25, 0.3) is 0 Å². The molecular formula is C15H23NO. The number of morpholine rings is 1. The molecule has 0 saturated carbocycles. The van der Waals surface area contributed by atoms with Crippen LogP contribution in [0.3, 0.4) is 0 Å². The Morgan fingerprint density at radius 1 is 1.24 bits per heavy atom. The zero-order valence-electron chi connectivity index (χ0n) is 11.2. The summed E-state index contributed by atoms with van der Waals surface area (Å²) in [5.74, 6) is 0.555. The molecule has 0 aromatic heterocycles. The second kappa shape index (κ2) is 4.79. The first kappa shape index (κ1) is 12.6. The van der Waals surface area contributed by atoms with Crippen LogP contribution in [0.2, 0.25) is 0 Å². The summed E-state index contributed by atoms with van der Waals surface area (Å²) in [5, 5.41) is 3.72. The normalized spacial score (nSPS) is 28.3. The minimum Gasteiger partial charge on any atom is -0.370 e. The van der Waals surface area contributed by atoms with Crippen molar-refractivity contribution in [2.45, 2.75) is 45.4 Å². The van der Waals surface area contributed by atoms with Gasteiger partial charge in [0.1, 0.15) is 0 Å². The van der Waals surface area contributed by atoms with Gasteiger partial charge in [0.05, 0.1) is 12.7 Å². The Balaban J connectivity index is 2.22. The van der Waals surface area contributed by atoms with E-state index in [1.807, 2.05) is 6.07 Å². The molecule has 1 aromatic rings. The molecule has 0 bridgehead atoms. The lowest BCUT2D eigenvalue weighted by Gasteiger charge is -2.44. The Morgan fingerprint density at radius 3 is 2.47 bits per heavy atom. The molecule has 1 aromatic carbocycles. The standard InChI is InChI=1S/C15H23NO/c1-11(2)13-14(12-8-6-5-7-9-12)17-10-15(3,4)16-13/h5-9,11,13-14,16H,10H2,1-4H3. The van der Waals surface area contributed by atoms with Crippen LogP contribution in [0.1, 0.15) is 39.4 Å². The van der Waals surface area contributed by atoms with Gasteiger partial charge in [0.25, 0.3) is 0 Å². The molecular weight excluding hydrogens is 210 g/mol. The molecule has 0 radical (unpaired) electrons. The fourth-order valence-corrected chi connectivity index (χ4v) is 2.43. The molecule has 0 spiro atoms. The first-order valence-corrected chi connectivity index (χ1v) is 6.44. The van der Waals surface area contributed by atoms with Crippen molar-refractivity contribution in [2.24, 2.45) is 5.92 Å². The molecule has 0 amide bonds. The quantitative estimate of drug-likeness (QED) is 0.847. The van der Waals surface area contributed by atoms with Crippen LogP contribution in [0.15, 0.2) is 30.3 Å². The second-order valence-electron chi connectivity index (χ2n) is 5.94. The van der Waals surface area contributed by atoms with Gasteiger partial charge in [-0.1, -0.05) is 44.2 Å². The second-order valence-corrected chi connectivity index (χ2v) is 5.94. The molecule has 1 N–H and O–H groups in total. The minimum atomic E-state index is 0.0697. The van der Waals surface area contributed by atoms with Crippen molar-refractivity contribution in [1.29, 1.82) is 0 Å². The number of hydrogen-bond donors (Lipinski definition) is 1. The highest BCUT2D eigenvalue weighted by Gasteiger charge is 2.37. The van der Waals surface area contributed by atoms with E-state index in [4.69, 9.17) is 4.74 Å². The van der Waals surface area contributed by atoms with E-state index in [1.165, 1.54) is 5.56 Å². The summed E-state index contributed by atoms with van der Waals surface area (Å²) in [6, 6.07) is 10.9. The van der Waals surface area contributed by atoms with Gasteiger partial charge in [-0.3, -0.25) is 0 Å². The van der Waals surface area contributed by atoms with Crippen LogP contribution in [0, 0.1) is 5.92 Å². The SMILES string of the molecule is CC(C)C1NC(C)(C)COC1c1ccccc1. The van der Waals surface area contributed by atoms with E-state index in [0.29, 0.717) is 12.0 Å². The van der Waals surface area contributed by atoms with Crippen molar-refractivity contribution in [1.82, 2.24) is 5.32 Å². The van der Waals surface area contributed by atoms with Gasteiger partial charge in [-0.05, 0) is 25.3 Å². The highest BCUT2D eigenvalue weighted by molar-refractivity contribution is 5.20. The molecule has 17 heavy (non-hydrogen) atoms. The van der Waals surface area contributed by atoms with E-state index in [0.717, 1.165) is 6.61 Å². The van der Waals surface area contributed by atoms with Crippen LogP contribution >= 0.6 is 0 Å². The summed E-state index contributed by atoms with van der Waals surface area (Å²) in [6.07, 6.45) is 0.171. The number of benzene rings is 1. The van der Waals surface area contributed by atoms with Crippen LogP contribution in [0.5, 0.6) is 0 Å². The molecule has 2 heteroatoms. The molecule has 2 nitrogen and oxygen atoms in total. The van der Waals surface area contributed by atoms with Gasteiger partial charge in [-0.2, -0.15) is 0 Å². The Labute approximate surface area is 104 Å². The van der Waals surface area contributed by atoms with E-state index < -0.39 is 0 Å². The highest BCUT2D eigenvalue weighted by atomic mass is 16.5. The van der Waals surface area contributed by atoms with Crippen molar-refractivity contribution in [2.75, 3.05) is 6.61 Å². The third kappa shape index (κ3) is 2.88. The van der Waals surface area contributed by atoms with Gasteiger partial charge in [-0.25, -0.2) is 0 Å². The molecule has 2 rings (SSSR count). The van der Waals surface area contributed by atoms with Crippen LogP contribution in [-0.4, -0.2) is 18.2 Å². The van der Waals surface area contributed by atoms with Crippen LogP contribution in [-0.2, 0) is 4.74 Å². The van der Waals surface area contributed by atoms with Crippen molar-refractivity contribution >= 4 is 0 Å². The van der Waals surface area contributed by atoms with Gasteiger partial charge >= 0.3 is 0 Å². The molecule has 1 saturated heterocycles. The van der Waals surface area contributed by atoms with Gasteiger partial charge in [0.2, 0.25) is 0 Å². The summed E-state index contributed by atoms with van der Waals surface area (Å²) < 4.78 is 6.09. The zero-order valence-corrected chi connectivity index (χ0v) is 11.2. The maximum Gasteiger partial charge on any atom is 0.0981 e. The monoisotopic (exact) mass is 233 g/mol. The predicted octanol–water partition coefficient (Wildman–Crippen LogP) is 3.15. The molecule has 1 heterocycles. The molecule has 1 aliphatic rings. The predicted molar refractivity (Wildman–Crippen MR) is 71.0 cm³/mol. The van der Waals surface area contributed by atoms with Gasteiger partial charge < -0.3 is 10.1 Å². The highest BCUT2D eigenvalue weighted by Crippen LogP contribution is 2.31. The maximum atomic E-state index is 6.09. The summed E-state index contributed by atoms with van der Waals surface area (Å²) in [5.41, 5.74) is 1.34. The van der Waals surface area contributed by atoms with Crippen molar-refractivity contribution in [3.05, 3.63) is 35.9 Å². The fourth-order valence-electron chi connectivity index (χ4n) is 2.43. The summed E-state index contributed by atoms with van der Waals surface area (Å²) in [6.45, 7) is 9.65. The summed E-state index contributed by atoms with van der Waals surface area (Å²) >= 11 is 0. The van der Waals surface area contributed by atoms with Gasteiger partial charge in [-0.15, -0.1) is 0 Å². The third-order valence-corrected chi connectivity index (χ3v) is 3.35. The molecule has 2 unspecified atom stereocenters. The fraction of sp³-hybridized carbons (Fsp3) is 0.600. The van der Waals surface area contributed by atoms with E-state index in [1.54, 1.807) is 0 Å². The first-order valence-electron chi connectivity index (χ1n) is 6.44. The Hall–Kier alpha value is -0.860. The largest absolute Gasteiger partial charge is 0.370 e. The lowest BCUT2D eigenvalue weighted by Crippen LogP contribution is -2.58. The van der Waals surface area contributed by atoms with Gasteiger partial charge in [0.15, 0.2) is 0 Å². The first-order chi connectivity index (χ1) is 7.99. The lowest BCUT2D eigenvalue weighted by molar-refractivity contribution is -0.0656.